The van der Waals surface area contributed by atoms with Crippen molar-refractivity contribution in [1.29, 1.82) is 0 Å². The third-order valence-electron chi connectivity index (χ3n) is 6.51. The molecule has 0 aliphatic carbocycles. The minimum Gasteiger partial charge on any atom is -0.505 e. The number of Topliss-reactive ketones (excluding diaryl/α,β-unsaturated/α-hetero) is 1. The number of unbranched alkanes of at least 4 members (excludes halogenated alkanes) is 2. The third-order valence-corrected chi connectivity index (χ3v) is 6.51. The van der Waals surface area contributed by atoms with Gasteiger partial charge in [-0.25, -0.2) is 4.98 Å². The van der Waals surface area contributed by atoms with Gasteiger partial charge in [-0.15, -0.1) is 0 Å². The van der Waals surface area contributed by atoms with Crippen molar-refractivity contribution in [1.82, 2.24) is 14.3 Å². The molecule has 4 rings (SSSR count). The zero-order valence-electron chi connectivity index (χ0n) is 21.7. The van der Waals surface area contributed by atoms with Crippen molar-refractivity contribution in [2.24, 2.45) is 0 Å². The molecule has 1 amide bonds. The number of hydrogen-bond acceptors (Lipinski definition) is 7. The molecule has 3 heterocycles. The number of benzene rings is 1. The highest BCUT2D eigenvalue weighted by Crippen LogP contribution is 2.42. The number of carbonyl (C=O) groups is 2. The molecule has 3 aromatic rings. The topological polar surface area (TPSA) is 103 Å². The standard InChI is InChI=1S/C28H33N3O6/c1-5-6-9-15-37-20-12-11-19(17-21(20)36-4)25-23(27(33)28(34)31(25)14-16-35-3)26(32)24-18(2)29-22-10-7-8-13-30(22)24/h7-8,10-13,17,25,32H,5-6,9,14-16H2,1-4H3. The van der Waals surface area contributed by atoms with Crippen molar-refractivity contribution in [3.05, 3.63) is 65.1 Å². The first-order valence-electron chi connectivity index (χ1n) is 12.4. The Bertz CT molecular complexity index is 1330. The number of nitrogens with zero attached hydrogens (tertiary/aromatic N) is 3. The quantitative estimate of drug-likeness (QED) is 0.179. The summed E-state index contributed by atoms with van der Waals surface area (Å²) in [5, 5.41) is 11.5. The number of aliphatic hydroxyl groups is 1. The first-order valence-corrected chi connectivity index (χ1v) is 12.4. The Morgan fingerprint density at radius 2 is 1.89 bits per heavy atom. The Hall–Kier alpha value is -3.85. The third kappa shape index (κ3) is 5.04. The van der Waals surface area contributed by atoms with Crippen LogP contribution in [-0.4, -0.2) is 65.1 Å². The number of pyridine rings is 1. The second-order valence-corrected chi connectivity index (χ2v) is 8.93. The van der Waals surface area contributed by atoms with Crippen LogP contribution in [0.2, 0.25) is 0 Å². The van der Waals surface area contributed by atoms with Gasteiger partial charge in [0, 0.05) is 19.9 Å². The number of fused-ring (bicyclic) bond motifs is 1. The molecular weight excluding hydrogens is 474 g/mol. The fourth-order valence-corrected chi connectivity index (χ4v) is 4.68. The second-order valence-electron chi connectivity index (χ2n) is 8.93. The molecule has 1 aliphatic rings. The molecule has 9 heteroatoms. The van der Waals surface area contributed by atoms with Gasteiger partial charge in [0.1, 0.15) is 11.3 Å². The molecule has 0 saturated carbocycles. The molecule has 0 bridgehead atoms. The monoisotopic (exact) mass is 507 g/mol. The average molecular weight is 508 g/mol. The van der Waals surface area contributed by atoms with Gasteiger partial charge < -0.3 is 24.2 Å². The number of aromatic nitrogens is 2. The number of ether oxygens (including phenoxy) is 3. The zero-order valence-corrected chi connectivity index (χ0v) is 21.7. The molecule has 1 aromatic carbocycles. The number of hydrogen-bond donors (Lipinski definition) is 1. The summed E-state index contributed by atoms with van der Waals surface area (Å²) in [6, 6.07) is 9.94. The van der Waals surface area contributed by atoms with E-state index < -0.39 is 17.7 Å². The number of amides is 1. The van der Waals surface area contributed by atoms with Gasteiger partial charge in [-0.2, -0.15) is 0 Å². The van der Waals surface area contributed by atoms with Gasteiger partial charge in [-0.3, -0.25) is 14.0 Å². The molecule has 1 fully saturated rings. The van der Waals surface area contributed by atoms with Crippen molar-refractivity contribution in [3.63, 3.8) is 0 Å². The van der Waals surface area contributed by atoms with Gasteiger partial charge in [0.25, 0.3) is 11.7 Å². The molecule has 1 unspecified atom stereocenters. The minimum absolute atomic E-state index is 0.00600. The molecule has 37 heavy (non-hydrogen) atoms. The summed E-state index contributed by atoms with van der Waals surface area (Å²) >= 11 is 0. The van der Waals surface area contributed by atoms with Crippen LogP contribution in [0.15, 0.2) is 48.2 Å². The number of aliphatic hydroxyl groups excluding tert-OH is 1. The van der Waals surface area contributed by atoms with Gasteiger partial charge in [-0.1, -0.05) is 31.9 Å². The predicted molar refractivity (Wildman–Crippen MR) is 139 cm³/mol. The zero-order chi connectivity index (χ0) is 26.5. The lowest BCUT2D eigenvalue weighted by molar-refractivity contribution is -0.140. The van der Waals surface area contributed by atoms with E-state index in [0.29, 0.717) is 40.7 Å². The Kier molecular flexibility index (Phi) is 8.13. The number of methoxy groups -OCH3 is 2. The number of imidazole rings is 1. The molecule has 1 saturated heterocycles. The van der Waals surface area contributed by atoms with Crippen LogP contribution >= 0.6 is 0 Å². The average Bonchev–Trinajstić information content (AvgIpc) is 3.37. The van der Waals surface area contributed by atoms with Crippen LogP contribution in [0.5, 0.6) is 11.5 Å². The molecule has 9 nitrogen and oxygen atoms in total. The second kappa shape index (κ2) is 11.5. The number of ketones is 1. The first-order chi connectivity index (χ1) is 17.9. The summed E-state index contributed by atoms with van der Waals surface area (Å²) in [6.07, 6.45) is 4.84. The maximum Gasteiger partial charge on any atom is 0.295 e. The Balaban J connectivity index is 1.83. The lowest BCUT2D eigenvalue weighted by atomic mass is 9.96. The minimum atomic E-state index is -0.841. The number of likely N-dealkylation sites (tertiary alicyclic amines) is 1. The lowest BCUT2D eigenvalue weighted by Crippen LogP contribution is -2.32. The maximum atomic E-state index is 13.3. The van der Waals surface area contributed by atoms with Crippen LogP contribution in [0.3, 0.4) is 0 Å². The van der Waals surface area contributed by atoms with E-state index in [2.05, 4.69) is 11.9 Å². The number of carbonyl (C=O) groups excluding carboxylic acids is 2. The normalized spacial score (nSPS) is 17.1. The summed E-state index contributed by atoms with van der Waals surface area (Å²) < 4.78 is 18.4. The van der Waals surface area contributed by atoms with E-state index in [1.165, 1.54) is 12.0 Å². The van der Waals surface area contributed by atoms with Crippen LogP contribution in [0, 0.1) is 6.92 Å². The fourth-order valence-electron chi connectivity index (χ4n) is 4.68. The molecule has 1 aliphatic heterocycles. The summed E-state index contributed by atoms with van der Waals surface area (Å²) in [7, 11) is 3.07. The molecule has 2 aromatic heterocycles. The van der Waals surface area contributed by atoms with E-state index in [4.69, 9.17) is 14.2 Å². The van der Waals surface area contributed by atoms with Gasteiger partial charge in [-0.05, 0) is 43.2 Å². The van der Waals surface area contributed by atoms with Crippen LogP contribution in [0.25, 0.3) is 11.4 Å². The molecule has 0 spiro atoms. The lowest BCUT2D eigenvalue weighted by Gasteiger charge is -2.25. The van der Waals surface area contributed by atoms with Crippen molar-refractivity contribution >= 4 is 23.1 Å². The van der Waals surface area contributed by atoms with Crippen molar-refractivity contribution < 1.29 is 28.9 Å². The Labute approximate surface area is 216 Å². The smallest absolute Gasteiger partial charge is 0.295 e. The molecular formula is C28H33N3O6. The SMILES string of the molecule is CCCCCOc1ccc(C2C(=C(O)c3c(C)nc4ccccn34)C(=O)C(=O)N2CCOC)cc1OC. The van der Waals surface area contributed by atoms with Gasteiger partial charge >= 0.3 is 0 Å². The molecule has 0 radical (unpaired) electrons. The van der Waals surface area contributed by atoms with Gasteiger partial charge in [0.05, 0.1) is 37.6 Å². The van der Waals surface area contributed by atoms with E-state index >= 15 is 0 Å². The van der Waals surface area contributed by atoms with Crippen molar-refractivity contribution in [3.8, 4) is 11.5 Å². The van der Waals surface area contributed by atoms with Crippen LogP contribution in [0.4, 0.5) is 0 Å². The van der Waals surface area contributed by atoms with E-state index in [0.717, 1.165) is 19.3 Å². The fraction of sp³-hybridized carbons (Fsp3) is 0.393. The van der Waals surface area contributed by atoms with Crippen LogP contribution < -0.4 is 9.47 Å². The van der Waals surface area contributed by atoms with Crippen molar-refractivity contribution in [2.75, 3.05) is 34.0 Å². The summed E-state index contributed by atoms with van der Waals surface area (Å²) in [6.45, 7) is 4.85. The highest BCUT2D eigenvalue weighted by Gasteiger charge is 2.46. The van der Waals surface area contributed by atoms with Crippen LogP contribution in [0.1, 0.15) is 49.2 Å². The predicted octanol–water partition coefficient (Wildman–Crippen LogP) is 4.29. The highest BCUT2D eigenvalue weighted by atomic mass is 16.5. The molecule has 1 N–H and O–H groups in total. The van der Waals surface area contributed by atoms with E-state index in [-0.39, 0.29) is 24.5 Å². The van der Waals surface area contributed by atoms with E-state index in [1.54, 1.807) is 42.8 Å². The molecule has 196 valence electrons. The largest absolute Gasteiger partial charge is 0.505 e. The summed E-state index contributed by atoms with van der Waals surface area (Å²) in [4.78, 5) is 32.4. The Morgan fingerprint density at radius 1 is 1.08 bits per heavy atom. The maximum absolute atomic E-state index is 13.3. The summed E-state index contributed by atoms with van der Waals surface area (Å²) in [5.74, 6) is -0.680. The summed E-state index contributed by atoms with van der Waals surface area (Å²) in [5.41, 5.74) is 2.14. The number of rotatable bonds is 11. The number of aryl methyl sites for hydroxylation is 1. The van der Waals surface area contributed by atoms with Crippen LogP contribution in [-0.2, 0) is 14.3 Å². The van der Waals surface area contributed by atoms with E-state index in [9.17, 15) is 14.7 Å². The van der Waals surface area contributed by atoms with E-state index in [1.807, 2.05) is 18.2 Å². The highest BCUT2D eigenvalue weighted by molar-refractivity contribution is 6.46. The van der Waals surface area contributed by atoms with Crippen molar-refractivity contribution in [2.45, 2.75) is 39.2 Å². The first kappa shape index (κ1) is 26.2. The molecule has 1 atom stereocenters. The van der Waals surface area contributed by atoms with Gasteiger partial charge in [0.15, 0.2) is 17.3 Å². The Morgan fingerprint density at radius 3 is 2.62 bits per heavy atom. The van der Waals surface area contributed by atoms with Gasteiger partial charge in [0.2, 0.25) is 0 Å².